The van der Waals surface area contributed by atoms with Gasteiger partial charge in [-0.2, -0.15) is 0 Å². The largest absolute Gasteiger partial charge is 0.381 e. The van der Waals surface area contributed by atoms with Gasteiger partial charge in [-0.3, -0.25) is 9.59 Å². The van der Waals surface area contributed by atoms with E-state index in [1.807, 2.05) is 30.0 Å². The molecule has 160 valence electrons. The molecule has 0 radical (unpaired) electrons. The predicted octanol–water partition coefficient (Wildman–Crippen LogP) is 2.60. The first-order valence-electron chi connectivity index (χ1n) is 10.2. The number of methoxy groups -OCH3 is 2. The number of halogens is 1. The van der Waals surface area contributed by atoms with Crippen molar-refractivity contribution in [1.82, 2.24) is 10.2 Å². The standard InChI is InChI=1S/C22H31ClN2O4/c1-14-6-5-7-16(20(14)23)10-19(26)25-11-17(15-8-9-15)18(12-25)24-21(27)22(2,29-4)13-28-3/h5-7,15,17-18H,8-13H2,1-4H3,(H,24,27)/t17-,18+,22?/m0/s1. The van der Waals surface area contributed by atoms with E-state index in [9.17, 15) is 9.59 Å². The number of likely N-dealkylation sites (tertiary alicyclic amines) is 1. The lowest BCUT2D eigenvalue weighted by Crippen LogP contribution is -2.54. The van der Waals surface area contributed by atoms with Crippen LogP contribution in [0.4, 0.5) is 0 Å². The van der Waals surface area contributed by atoms with Gasteiger partial charge in [0.25, 0.3) is 5.91 Å². The number of amides is 2. The highest BCUT2D eigenvalue weighted by Gasteiger charge is 2.46. The summed E-state index contributed by atoms with van der Waals surface area (Å²) in [5.74, 6) is 0.691. The molecule has 1 aliphatic carbocycles. The van der Waals surface area contributed by atoms with E-state index in [-0.39, 0.29) is 36.8 Å². The van der Waals surface area contributed by atoms with Crippen LogP contribution in [0, 0.1) is 18.8 Å². The number of carbonyl (C=O) groups excluding carboxylic acids is 2. The highest BCUT2D eigenvalue weighted by atomic mass is 35.5. The summed E-state index contributed by atoms with van der Waals surface area (Å²) in [7, 11) is 3.05. The van der Waals surface area contributed by atoms with Gasteiger partial charge in [-0.05, 0) is 43.7 Å². The monoisotopic (exact) mass is 422 g/mol. The second-order valence-electron chi connectivity index (χ2n) is 8.47. The van der Waals surface area contributed by atoms with Crippen molar-refractivity contribution >= 4 is 23.4 Å². The Morgan fingerprint density at radius 2 is 2.00 bits per heavy atom. The number of hydrogen-bond donors (Lipinski definition) is 1. The van der Waals surface area contributed by atoms with Crippen LogP contribution in [0.5, 0.6) is 0 Å². The average molecular weight is 423 g/mol. The van der Waals surface area contributed by atoms with Crippen LogP contribution in [0.1, 0.15) is 30.9 Å². The van der Waals surface area contributed by atoms with E-state index in [0.29, 0.717) is 24.0 Å². The molecule has 1 aromatic carbocycles. The fourth-order valence-corrected chi connectivity index (χ4v) is 4.31. The number of hydrogen-bond acceptors (Lipinski definition) is 4. The number of carbonyl (C=O) groups is 2. The van der Waals surface area contributed by atoms with Crippen LogP contribution in [0.3, 0.4) is 0 Å². The van der Waals surface area contributed by atoms with Gasteiger partial charge >= 0.3 is 0 Å². The third-order valence-corrected chi connectivity index (χ3v) is 6.77. The number of aryl methyl sites for hydroxylation is 1. The summed E-state index contributed by atoms with van der Waals surface area (Å²) in [6.45, 7) is 5.02. The summed E-state index contributed by atoms with van der Waals surface area (Å²) < 4.78 is 10.6. The molecule has 3 rings (SSSR count). The second kappa shape index (κ2) is 9.02. The molecule has 1 aliphatic heterocycles. The van der Waals surface area contributed by atoms with Crippen molar-refractivity contribution in [2.75, 3.05) is 33.9 Å². The van der Waals surface area contributed by atoms with Crippen molar-refractivity contribution in [3.8, 4) is 0 Å². The van der Waals surface area contributed by atoms with E-state index in [4.69, 9.17) is 21.1 Å². The Bertz CT molecular complexity index is 767. The maximum atomic E-state index is 13.0. The number of ether oxygens (including phenoxy) is 2. The lowest BCUT2D eigenvalue weighted by molar-refractivity contribution is -0.148. The summed E-state index contributed by atoms with van der Waals surface area (Å²) >= 11 is 6.37. The smallest absolute Gasteiger partial charge is 0.254 e. The molecule has 0 aromatic heterocycles. The van der Waals surface area contributed by atoms with Gasteiger partial charge in [-0.15, -0.1) is 0 Å². The van der Waals surface area contributed by atoms with Crippen molar-refractivity contribution < 1.29 is 19.1 Å². The van der Waals surface area contributed by atoms with Gasteiger partial charge in [0.2, 0.25) is 5.91 Å². The summed E-state index contributed by atoms with van der Waals surface area (Å²) in [6, 6.07) is 5.69. The minimum absolute atomic E-state index is 0.0475. The van der Waals surface area contributed by atoms with Gasteiger partial charge in [0.15, 0.2) is 5.60 Å². The molecular formula is C22H31ClN2O4. The average Bonchev–Trinajstić information content (AvgIpc) is 3.45. The molecule has 1 heterocycles. The van der Waals surface area contributed by atoms with E-state index in [0.717, 1.165) is 24.0 Å². The summed E-state index contributed by atoms with van der Waals surface area (Å²) in [4.78, 5) is 27.7. The Morgan fingerprint density at radius 3 is 2.62 bits per heavy atom. The quantitative estimate of drug-likeness (QED) is 0.699. The molecule has 1 saturated heterocycles. The number of nitrogens with one attached hydrogen (secondary N) is 1. The Morgan fingerprint density at radius 1 is 1.28 bits per heavy atom. The summed E-state index contributed by atoms with van der Waals surface area (Å²) in [5, 5.41) is 3.78. The highest BCUT2D eigenvalue weighted by Crippen LogP contribution is 2.41. The molecular weight excluding hydrogens is 392 g/mol. The molecule has 6 nitrogen and oxygen atoms in total. The van der Waals surface area contributed by atoms with Crippen LogP contribution >= 0.6 is 11.6 Å². The van der Waals surface area contributed by atoms with Crippen LogP contribution in [0.15, 0.2) is 18.2 Å². The van der Waals surface area contributed by atoms with Crippen molar-refractivity contribution in [2.45, 2.75) is 44.8 Å². The molecule has 0 spiro atoms. The Hall–Kier alpha value is -1.63. The Balaban J connectivity index is 1.68. The van der Waals surface area contributed by atoms with Crippen molar-refractivity contribution in [3.05, 3.63) is 34.3 Å². The molecule has 1 saturated carbocycles. The molecule has 2 fully saturated rings. The van der Waals surface area contributed by atoms with Crippen LogP contribution < -0.4 is 5.32 Å². The van der Waals surface area contributed by atoms with Gasteiger partial charge in [0, 0.05) is 38.2 Å². The van der Waals surface area contributed by atoms with Crippen LogP contribution in [0.2, 0.25) is 5.02 Å². The maximum Gasteiger partial charge on any atom is 0.254 e. The molecule has 29 heavy (non-hydrogen) atoms. The lowest BCUT2D eigenvalue weighted by atomic mass is 9.97. The molecule has 1 N–H and O–H groups in total. The minimum Gasteiger partial charge on any atom is -0.381 e. The number of benzene rings is 1. The Kier molecular flexibility index (Phi) is 6.87. The number of rotatable bonds is 8. The van der Waals surface area contributed by atoms with E-state index < -0.39 is 5.60 Å². The molecule has 1 aromatic rings. The zero-order valence-corrected chi connectivity index (χ0v) is 18.4. The predicted molar refractivity (Wildman–Crippen MR) is 112 cm³/mol. The third kappa shape index (κ3) is 4.93. The molecule has 3 atom stereocenters. The minimum atomic E-state index is -1.05. The zero-order chi connectivity index (χ0) is 21.2. The molecule has 1 unspecified atom stereocenters. The molecule has 0 bridgehead atoms. The maximum absolute atomic E-state index is 13.0. The first kappa shape index (κ1) is 22.1. The zero-order valence-electron chi connectivity index (χ0n) is 17.7. The summed E-state index contributed by atoms with van der Waals surface area (Å²) in [6.07, 6.45) is 2.59. The first-order chi connectivity index (χ1) is 13.8. The topological polar surface area (TPSA) is 67.9 Å². The SMILES string of the molecule is COCC(C)(OC)C(=O)N[C@@H]1CN(C(=O)Cc2cccc(C)c2Cl)C[C@H]1C1CC1. The third-order valence-electron chi connectivity index (χ3n) is 6.23. The summed E-state index contributed by atoms with van der Waals surface area (Å²) in [5.41, 5.74) is 0.769. The van der Waals surface area contributed by atoms with Gasteiger partial charge < -0.3 is 19.7 Å². The fraction of sp³-hybridized carbons (Fsp3) is 0.636. The van der Waals surface area contributed by atoms with Crippen molar-refractivity contribution in [3.63, 3.8) is 0 Å². The van der Waals surface area contributed by atoms with Gasteiger partial charge in [-0.1, -0.05) is 29.8 Å². The fourth-order valence-electron chi connectivity index (χ4n) is 4.12. The molecule has 7 heteroatoms. The van der Waals surface area contributed by atoms with Crippen molar-refractivity contribution in [2.24, 2.45) is 11.8 Å². The number of nitrogens with zero attached hydrogens (tertiary/aromatic N) is 1. The van der Waals surface area contributed by atoms with Crippen LogP contribution in [-0.4, -0.2) is 62.3 Å². The highest BCUT2D eigenvalue weighted by molar-refractivity contribution is 6.32. The lowest BCUT2D eigenvalue weighted by Gasteiger charge is -2.29. The van der Waals surface area contributed by atoms with Gasteiger partial charge in [0.05, 0.1) is 19.1 Å². The van der Waals surface area contributed by atoms with Crippen LogP contribution in [0.25, 0.3) is 0 Å². The van der Waals surface area contributed by atoms with Crippen molar-refractivity contribution in [1.29, 1.82) is 0 Å². The van der Waals surface area contributed by atoms with Gasteiger partial charge in [0.1, 0.15) is 0 Å². The van der Waals surface area contributed by atoms with E-state index >= 15 is 0 Å². The van der Waals surface area contributed by atoms with E-state index in [1.54, 1.807) is 14.0 Å². The molecule has 2 amide bonds. The van der Waals surface area contributed by atoms with E-state index in [1.165, 1.54) is 7.11 Å². The molecule has 2 aliphatic rings. The Labute approximate surface area is 177 Å². The van der Waals surface area contributed by atoms with Crippen LogP contribution in [-0.2, 0) is 25.5 Å². The van der Waals surface area contributed by atoms with Gasteiger partial charge in [-0.25, -0.2) is 0 Å². The van der Waals surface area contributed by atoms with E-state index in [2.05, 4.69) is 5.32 Å². The second-order valence-corrected chi connectivity index (χ2v) is 8.85. The normalized spacial score (nSPS) is 23.7. The first-order valence-corrected chi connectivity index (χ1v) is 10.5.